The van der Waals surface area contributed by atoms with Crippen molar-refractivity contribution in [3.05, 3.63) is 72.6 Å². The first-order valence-electron chi connectivity index (χ1n) is 12.1. The minimum atomic E-state index is -3.70. The molecule has 0 saturated carbocycles. The first-order valence-corrected chi connectivity index (χ1v) is 13.8. The zero-order valence-electron chi connectivity index (χ0n) is 21.0. The average Bonchev–Trinajstić information content (AvgIpc) is 3.35. The molecule has 1 atom stereocenters. The van der Waals surface area contributed by atoms with E-state index in [0.717, 1.165) is 18.0 Å². The van der Waals surface area contributed by atoms with Gasteiger partial charge in [0.25, 0.3) is 0 Å². The van der Waals surface area contributed by atoms with Crippen molar-refractivity contribution >= 4 is 15.8 Å². The van der Waals surface area contributed by atoms with Gasteiger partial charge in [0, 0.05) is 18.7 Å². The quantitative estimate of drug-likeness (QED) is 0.333. The van der Waals surface area contributed by atoms with E-state index in [1.165, 1.54) is 14.2 Å². The molecule has 1 aliphatic rings. The molecule has 0 N–H and O–H groups in total. The van der Waals surface area contributed by atoms with Gasteiger partial charge in [-0.2, -0.15) is 0 Å². The molecule has 38 heavy (non-hydrogen) atoms. The second-order valence-corrected chi connectivity index (χ2v) is 11.2. The molecule has 0 bridgehead atoms. The van der Waals surface area contributed by atoms with Gasteiger partial charge in [0.05, 0.1) is 31.9 Å². The van der Waals surface area contributed by atoms with E-state index in [9.17, 15) is 12.8 Å². The third-order valence-corrected chi connectivity index (χ3v) is 8.55. The number of aromatic nitrogens is 5. The molecule has 1 saturated heterocycles. The smallest absolute Gasteiger partial charge is 0.225 e. The fraction of sp³-hybridized carbons (Fsp3) is 0.308. The fourth-order valence-corrected chi connectivity index (χ4v) is 6.37. The maximum absolute atomic E-state index is 13.8. The Balaban J connectivity index is 1.54. The molecule has 0 radical (unpaired) electrons. The highest BCUT2D eigenvalue weighted by molar-refractivity contribution is 7.91. The van der Waals surface area contributed by atoms with Crippen LogP contribution in [0.5, 0.6) is 11.5 Å². The number of piperidine rings is 1. The van der Waals surface area contributed by atoms with E-state index in [4.69, 9.17) is 9.47 Å². The Hall–Kier alpha value is -4.06. The molecule has 1 fully saturated rings. The molecular formula is C26H27FN6O4S. The van der Waals surface area contributed by atoms with Gasteiger partial charge in [-0.3, -0.25) is 4.57 Å². The van der Waals surface area contributed by atoms with Gasteiger partial charge in [0.1, 0.15) is 22.9 Å². The number of para-hydroxylation sites is 1. The lowest BCUT2D eigenvalue weighted by molar-refractivity contribution is 0.390. The molecule has 4 aromatic rings. The van der Waals surface area contributed by atoms with Crippen molar-refractivity contribution in [3.63, 3.8) is 0 Å². The zero-order valence-corrected chi connectivity index (χ0v) is 21.8. The maximum Gasteiger partial charge on any atom is 0.225 e. The summed E-state index contributed by atoms with van der Waals surface area (Å²) in [5.41, 5.74) is 1.27. The molecule has 3 heterocycles. The lowest BCUT2D eigenvalue weighted by Gasteiger charge is -2.32. The van der Waals surface area contributed by atoms with Crippen molar-refractivity contribution in [3.8, 4) is 28.6 Å². The second-order valence-electron chi connectivity index (χ2n) is 8.87. The highest BCUT2D eigenvalue weighted by Crippen LogP contribution is 2.37. The SMILES string of the molecule is COc1cccc(OC)c1-n1c(CS(=O)(=O)[C@@H]2CCCN(c3ncc(F)cn3)C2)nnc1-c1ccccc1. The average molecular weight is 539 g/mol. The molecule has 2 aromatic carbocycles. The van der Waals surface area contributed by atoms with Crippen LogP contribution in [0.15, 0.2) is 60.9 Å². The Morgan fingerprint density at radius 3 is 2.32 bits per heavy atom. The van der Waals surface area contributed by atoms with Gasteiger partial charge in [-0.05, 0) is 25.0 Å². The molecule has 198 valence electrons. The van der Waals surface area contributed by atoms with Gasteiger partial charge in [-0.15, -0.1) is 10.2 Å². The maximum atomic E-state index is 13.8. The fourth-order valence-electron chi connectivity index (χ4n) is 4.65. The second kappa shape index (κ2) is 10.7. The number of rotatable bonds is 8. The first kappa shape index (κ1) is 25.6. The van der Waals surface area contributed by atoms with Crippen LogP contribution in [-0.4, -0.2) is 65.7 Å². The predicted molar refractivity (Wildman–Crippen MR) is 140 cm³/mol. The molecule has 1 aliphatic heterocycles. The number of anilines is 1. The summed E-state index contributed by atoms with van der Waals surface area (Å²) in [4.78, 5) is 9.82. The van der Waals surface area contributed by atoms with E-state index in [-0.39, 0.29) is 18.1 Å². The summed E-state index contributed by atoms with van der Waals surface area (Å²) in [7, 11) is -0.626. The monoisotopic (exact) mass is 538 g/mol. The summed E-state index contributed by atoms with van der Waals surface area (Å²) < 4.78 is 53.7. The molecule has 12 heteroatoms. The summed E-state index contributed by atoms with van der Waals surface area (Å²) in [5, 5.41) is 8.03. The zero-order chi connectivity index (χ0) is 26.7. The van der Waals surface area contributed by atoms with Crippen LogP contribution in [-0.2, 0) is 15.6 Å². The highest BCUT2D eigenvalue weighted by atomic mass is 32.2. The van der Waals surface area contributed by atoms with Gasteiger partial charge in [-0.1, -0.05) is 36.4 Å². The normalized spacial score (nSPS) is 15.9. The van der Waals surface area contributed by atoms with Crippen LogP contribution in [0, 0.1) is 5.82 Å². The van der Waals surface area contributed by atoms with Crippen molar-refractivity contribution in [1.29, 1.82) is 0 Å². The largest absolute Gasteiger partial charge is 0.494 e. The number of ether oxygens (including phenoxy) is 2. The number of hydrogen-bond acceptors (Lipinski definition) is 9. The van der Waals surface area contributed by atoms with Crippen molar-refractivity contribution < 1.29 is 22.3 Å². The molecule has 0 spiro atoms. The summed E-state index contributed by atoms with van der Waals surface area (Å²) in [6.45, 7) is 0.788. The van der Waals surface area contributed by atoms with E-state index in [0.29, 0.717) is 48.3 Å². The summed E-state index contributed by atoms with van der Waals surface area (Å²) in [6.07, 6.45) is 3.27. The van der Waals surface area contributed by atoms with Crippen LogP contribution in [0.3, 0.4) is 0 Å². The van der Waals surface area contributed by atoms with Gasteiger partial charge in [-0.25, -0.2) is 22.8 Å². The predicted octanol–water partition coefficient (Wildman–Crippen LogP) is 3.46. The minimum Gasteiger partial charge on any atom is -0.494 e. The lowest BCUT2D eigenvalue weighted by Crippen LogP contribution is -2.43. The number of halogens is 1. The van der Waals surface area contributed by atoms with Gasteiger partial charge >= 0.3 is 0 Å². The van der Waals surface area contributed by atoms with Crippen LogP contribution in [0.2, 0.25) is 0 Å². The molecule has 2 aromatic heterocycles. The van der Waals surface area contributed by atoms with Crippen molar-refractivity contribution in [2.75, 3.05) is 32.2 Å². The van der Waals surface area contributed by atoms with Crippen molar-refractivity contribution in [2.24, 2.45) is 0 Å². The number of hydrogen-bond donors (Lipinski definition) is 0. The Labute approximate surface area is 220 Å². The van der Waals surface area contributed by atoms with Crippen LogP contribution >= 0.6 is 0 Å². The van der Waals surface area contributed by atoms with Crippen molar-refractivity contribution in [2.45, 2.75) is 23.8 Å². The molecule has 0 aliphatic carbocycles. The Morgan fingerprint density at radius 2 is 1.66 bits per heavy atom. The third kappa shape index (κ3) is 5.03. The lowest BCUT2D eigenvalue weighted by atomic mass is 10.1. The summed E-state index contributed by atoms with van der Waals surface area (Å²) >= 11 is 0. The van der Waals surface area contributed by atoms with Gasteiger partial charge in [0.2, 0.25) is 5.95 Å². The summed E-state index contributed by atoms with van der Waals surface area (Å²) in [6, 6.07) is 14.7. The number of benzene rings is 2. The van der Waals surface area contributed by atoms with Crippen LogP contribution < -0.4 is 14.4 Å². The molecule has 10 nitrogen and oxygen atoms in total. The minimum absolute atomic E-state index is 0.200. The van der Waals surface area contributed by atoms with E-state index in [2.05, 4.69) is 20.2 Å². The summed E-state index contributed by atoms with van der Waals surface area (Å²) in [5.74, 6) is 1.08. The van der Waals surface area contributed by atoms with Gasteiger partial charge < -0.3 is 14.4 Å². The number of sulfone groups is 1. The molecule has 0 unspecified atom stereocenters. The van der Waals surface area contributed by atoms with E-state index in [1.54, 1.807) is 27.7 Å². The Bertz CT molecular complexity index is 1490. The number of methoxy groups -OCH3 is 2. The molecule has 5 rings (SSSR count). The van der Waals surface area contributed by atoms with Crippen molar-refractivity contribution in [1.82, 2.24) is 24.7 Å². The Kier molecular flexibility index (Phi) is 7.23. The van der Waals surface area contributed by atoms with Crippen LogP contribution in [0.1, 0.15) is 18.7 Å². The third-order valence-electron chi connectivity index (χ3n) is 6.49. The number of nitrogens with zero attached hydrogens (tertiary/aromatic N) is 6. The van der Waals surface area contributed by atoms with E-state index in [1.807, 2.05) is 30.3 Å². The Morgan fingerprint density at radius 1 is 0.974 bits per heavy atom. The van der Waals surface area contributed by atoms with Crippen LogP contribution in [0.4, 0.5) is 10.3 Å². The topological polar surface area (TPSA) is 112 Å². The molecule has 0 amide bonds. The standard InChI is InChI=1S/C26H27FN6O4S/c1-36-21-11-6-12-22(37-2)24(21)33-23(30-31-25(33)18-8-4-3-5-9-18)17-38(34,35)20-10-7-13-32(16-20)26-28-14-19(27)15-29-26/h3-6,8-9,11-12,14-15,20H,7,10,13,16-17H2,1-2H3/t20-/m1/s1. The molecular weight excluding hydrogens is 511 g/mol. The van der Waals surface area contributed by atoms with E-state index >= 15 is 0 Å². The van der Waals surface area contributed by atoms with E-state index < -0.39 is 20.9 Å². The first-order chi connectivity index (χ1) is 18.4. The van der Waals surface area contributed by atoms with Crippen LogP contribution in [0.25, 0.3) is 17.1 Å². The highest BCUT2D eigenvalue weighted by Gasteiger charge is 2.34. The van der Waals surface area contributed by atoms with Gasteiger partial charge in [0.15, 0.2) is 27.3 Å².